The topological polar surface area (TPSA) is 120 Å². The maximum Gasteiger partial charge on any atom is 0.272 e. The highest BCUT2D eigenvalue weighted by atomic mass is 19.3. The van der Waals surface area contributed by atoms with Gasteiger partial charge in [0.15, 0.2) is 12.4 Å². The van der Waals surface area contributed by atoms with Crippen molar-refractivity contribution in [2.24, 2.45) is 7.05 Å². The Balaban J connectivity index is 1.68. The van der Waals surface area contributed by atoms with Crippen LogP contribution in [0.4, 0.5) is 20.4 Å². The summed E-state index contributed by atoms with van der Waals surface area (Å²) in [5, 5.41) is 15.4. The molecule has 0 unspecified atom stereocenters. The molecule has 0 saturated carbocycles. The van der Waals surface area contributed by atoms with Gasteiger partial charge in [-0.15, -0.1) is 0 Å². The number of allylic oxidation sites excluding steroid dienone is 1. The summed E-state index contributed by atoms with van der Waals surface area (Å²) in [6, 6.07) is 3.34. The first-order valence-electron chi connectivity index (χ1n) is 10.5. The number of alkyl halides is 2. The minimum Gasteiger partial charge on any atom is -0.493 e. The second kappa shape index (κ2) is 10.2. The zero-order valence-corrected chi connectivity index (χ0v) is 18.6. The lowest BCUT2D eigenvalue weighted by molar-refractivity contribution is 0.0768. The van der Waals surface area contributed by atoms with Crippen molar-refractivity contribution in [3.63, 3.8) is 0 Å². The van der Waals surface area contributed by atoms with Gasteiger partial charge >= 0.3 is 0 Å². The smallest absolute Gasteiger partial charge is 0.272 e. The summed E-state index contributed by atoms with van der Waals surface area (Å²) in [4.78, 5) is 13.3. The summed E-state index contributed by atoms with van der Waals surface area (Å²) in [5.74, 6) is 1.92. The number of pyridine rings is 1. The summed E-state index contributed by atoms with van der Waals surface area (Å²) in [7, 11) is 1.77. The molecule has 0 fully saturated rings. The van der Waals surface area contributed by atoms with Crippen molar-refractivity contribution in [1.29, 1.82) is 5.41 Å². The quantitative estimate of drug-likeness (QED) is 0.435. The van der Waals surface area contributed by atoms with Crippen LogP contribution in [-0.4, -0.2) is 56.9 Å². The van der Waals surface area contributed by atoms with Crippen molar-refractivity contribution >= 4 is 23.1 Å². The number of hydrogen-bond donors (Lipinski definition) is 2. The third-order valence-electron chi connectivity index (χ3n) is 4.87. The van der Waals surface area contributed by atoms with Gasteiger partial charge in [-0.3, -0.25) is 5.41 Å². The first kappa shape index (κ1) is 23.1. The Labute approximate surface area is 194 Å². The van der Waals surface area contributed by atoms with E-state index >= 15 is 0 Å². The third kappa shape index (κ3) is 5.11. The number of fused-ring (bicyclic) bond motifs is 6. The van der Waals surface area contributed by atoms with E-state index in [1.54, 1.807) is 49.3 Å². The molecule has 178 valence electrons. The number of rotatable bonds is 4. The molecule has 34 heavy (non-hydrogen) atoms. The Hall–Kier alpha value is -4.09. The van der Waals surface area contributed by atoms with Gasteiger partial charge in [-0.2, -0.15) is 5.10 Å². The Kier molecular flexibility index (Phi) is 6.95. The number of ether oxygens (including phenoxy) is 3. The monoisotopic (exact) mass is 471 g/mol. The number of aryl methyl sites for hydroxylation is 1. The van der Waals surface area contributed by atoms with Crippen LogP contribution in [0.1, 0.15) is 18.9 Å². The molecule has 0 aromatic carbocycles. The highest BCUT2D eigenvalue weighted by Gasteiger charge is 2.19. The molecule has 3 aromatic rings. The highest BCUT2D eigenvalue weighted by molar-refractivity contribution is 6.18. The predicted molar refractivity (Wildman–Crippen MR) is 121 cm³/mol. The Morgan fingerprint density at radius 2 is 2.09 bits per heavy atom. The molecule has 4 heterocycles. The molecule has 4 bridgehead atoms. The standard InChI is InChI=1S/C22H23F2N7O3/c1-3-13(20(25)34-12-17(23)24)14-10-27-19-9-16(14)32-7-4-8-33-22-15(11-28-31(22)2)21-26-6-5-18(29-19)30-21/h3,5-6,9-11,17,25H,4,7-8,12H2,1-2H3,(H,26,27,29,30)/b13-3-,25-20?. The fourth-order valence-electron chi connectivity index (χ4n) is 3.31. The second-order valence-electron chi connectivity index (χ2n) is 7.23. The fourth-order valence-corrected chi connectivity index (χ4v) is 3.31. The van der Waals surface area contributed by atoms with Crippen LogP contribution < -0.4 is 14.8 Å². The van der Waals surface area contributed by atoms with Gasteiger partial charge < -0.3 is 19.5 Å². The maximum atomic E-state index is 12.6. The number of anilines is 2. The Bertz CT molecular complexity index is 1210. The number of nitrogens with zero attached hydrogens (tertiary/aromatic N) is 5. The van der Waals surface area contributed by atoms with E-state index in [2.05, 4.69) is 25.4 Å². The van der Waals surface area contributed by atoms with Crippen LogP contribution in [0.5, 0.6) is 11.6 Å². The molecular formula is C22H23F2N7O3. The van der Waals surface area contributed by atoms with Crippen molar-refractivity contribution in [3.8, 4) is 23.0 Å². The number of aromatic nitrogens is 5. The molecule has 4 rings (SSSR count). The summed E-state index contributed by atoms with van der Waals surface area (Å²) >= 11 is 0. The van der Waals surface area contributed by atoms with Crippen LogP contribution in [0.15, 0.2) is 36.8 Å². The fraction of sp³-hybridized carbons (Fsp3) is 0.318. The summed E-state index contributed by atoms with van der Waals surface area (Å²) in [5.41, 5.74) is 1.39. The molecule has 3 aromatic heterocycles. The van der Waals surface area contributed by atoms with Crippen LogP contribution in [0.2, 0.25) is 0 Å². The average Bonchev–Trinajstić information content (AvgIpc) is 3.19. The van der Waals surface area contributed by atoms with E-state index in [0.29, 0.717) is 59.9 Å². The average molecular weight is 471 g/mol. The van der Waals surface area contributed by atoms with Crippen molar-refractivity contribution in [1.82, 2.24) is 24.7 Å². The molecule has 0 amide bonds. The van der Waals surface area contributed by atoms with Gasteiger partial charge in [0.1, 0.15) is 22.9 Å². The third-order valence-corrected chi connectivity index (χ3v) is 4.87. The zero-order chi connectivity index (χ0) is 24.1. The summed E-state index contributed by atoms with van der Waals surface area (Å²) in [6.07, 6.45) is 4.20. The maximum absolute atomic E-state index is 12.6. The summed E-state index contributed by atoms with van der Waals surface area (Å²) < 4.78 is 43.5. The molecule has 12 heteroatoms. The van der Waals surface area contributed by atoms with E-state index in [4.69, 9.17) is 19.6 Å². The number of hydrogen-bond acceptors (Lipinski definition) is 9. The van der Waals surface area contributed by atoms with Crippen molar-refractivity contribution in [2.45, 2.75) is 19.8 Å². The first-order valence-corrected chi connectivity index (χ1v) is 10.5. The summed E-state index contributed by atoms with van der Waals surface area (Å²) in [6.45, 7) is 1.46. The zero-order valence-electron chi connectivity index (χ0n) is 18.6. The van der Waals surface area contributed by atoms with E-state index in [-0.39, 0.29) is 5.57 Å². The largest absolute Gasteiger partial charge is 0.493 e. The second-order valence-corrected chi connectivity index (χ2v) is 7.23. The van der Waals surface area contributed by atoms with Gasteiger partial charge in [0, 0.05) is 43.1 Å². The minimum absolute atomic E-state index is 0.288. The Morgan fingerprint density at radius 1 is 1.26 bits per heavy atom. The molecule has 0 saturated heterocycles. The number of nitrogens with one attached hydrogen (secondary N) is 2. The lowest BCUT2D eigenvalue weighted by Gasteiger charge is -2.17. The molecule has 1 aliphatic heterocycles. The lowest BCUT2D eigenvalue weighted by Crippen LogP contribution is -2.14. The van der Waals surface area contributed by atoms with Gasteiger partial charge in [0.25, 0.3) is 6.43 Å². The van der Waals surface area contributed by atoms with Crippen LogP contribution in [0.25, 0.3) is 17.0 Å². The number of halogens is 2. The van der Waals surface area contributed by atoms with Crippen molar-refractivity contribution < 1.29 is 23.0 Å². The SMILES string of the molecule is C/C=C(\C(=N)OCC(F)F)c1cnc2cc1OCCCOc1c(cnn1C)-c1nccc(n1)N2. The van der Waals surface area contributed by atoms with Crippen LogP contribution in [0, 0.1) is 5.41 Å². The highest BCUT2D eigenvalue weighted by Crippen LogP contribution is 2.32. The molecule has 0 atom stereocenters. The van der Waals surface area contributed by atoms with E-state index in [1.165, 1.54) is 6.20 Å². The normalized spacial score (nSPS) is 13.7. The lowest BCUT2D eigenvalue weighted by atomic mass is 10.1. The predicted octanol–water partition coefficient (Wildman–Crippen LogP) is 3.84. The van der Waals surface area contributed by atoms with Crippen molar-refractivity contribution in [2.75, 3.05) is 25.1 Å². The first-order chi connectivity index (χ1) is 16.5. The molecule has 1 aliphatic rings. The molecule has 0 radical (unpaired) electrons. The van der Waals surface area contributed by atoms with Crippen LogP contribution >= 0.6 is 0 Å². The van der Waals surface area contributed by atoms with E-state index in [1.807, 2.05) is 0 Å². The van der Waals surface area contributed by atoms with E-state index in [9.17, 15) is 8.78 Å². The van der Waals surface area contributed by atoms with Gasteiger partial charge in [0.2, 0.25) is 11.8 Å². The van der Waals surface area contributed by atoms with Crippen LogP contribution in [0.3, 0.4) is 0 Å². The van der Waals surface area contributed by atoms with E-state index < -0.39 is 18.9 Å². The van der Waals surface area contributed by atoms with Gasteiger partial charge in [-0.05, 0) is 13.0 Å². The molecular weight excluding hydrogens is 448 g/mol. The minimum atomic E-state index is -2.69. The molecule has 10 nitrogen and oxygen atoms in total. The Morgan fingerprint density at radius 3 is 2.88 bits per heavy atom. The molecule has 0 spiro atoms. The van der Waals surface area contributed by atoms with Crippen LogP contribution in [-0.2, 0) is 11.8 Å². The van der Waals surface area contributed by atoms with Gasteiger partial charge in [-0.25, -0.2) is 28.4 Å². The molecule has 0 aliphatic carbocycles. The molecule has 2 N–H and O–H groups in total. The van der Waals surface area contributed by atoms with E-state index in [0.717, 1.165) is 0 Å². The van der Waals surface area contributed by atoms with Crippen molar-refractivity contribution in [3.05, 3.63) is 42.4 Å². The van der Waals surface area contributed by atoms with Gasteiger partial charge in [-0.1, -0.05) is 6.08 Å². The van der Waals surface area contributed by atoms with Gasteiger partial charge in [0.05, 0.1) is 19.4 Å².